The maximum Gasteiger partial charge on any atom is 0.273 e. The number of aromatic nitrogens is 4. The first-order valence-electron chi connectivity index (χ1n) is 10.4. The summed E-state index contributed by atoms with van der Waals surface area (Å²) in [6, 6.07) is 10.3. The van der Waals surface area contributed by atoms with Crippen LogP contribution in [0.1, 0.15) is 34.3 Å². The molecule has 0 aromatic carbocycles. The summed E-state index contributed by atoms with van der Waals surface area (Å²) in [7, 11) is 0. The lowest BCUT2D eigenvalue weighted by atomic mass is 10.1. The van der Waals surface area contributed by atoms with Gasteiger partial charge in [-0.05, 0) is 36.6 Å². The Balaban J connectivity index is 1.27. The number of nitrogens with one attached hydrogen (secondary N) is 2. The number of rotatable bonds is 9. The first-order chi connectivity index (χ1) is 16.1. The van der Waals surface area contributed by atoms with E-state index in [0.29, 0.717) is 24.6 Å². The fourth-order valence-corrected chi connectivity index (χ4v) is 3.07. The van der Waals surface area contributed by atoms with E-state index in [1.165, 1.54) is 0 Å². The largest absolute Gasteiger partial charge is 0.355 e. The predicted molar refractivity (Wildman–Crippen MR) is 118 cm³/mol. The lowest BCUT2D eigenvalue weighted by molar-refractivity contribution is 0.0930. The number of nitrogens with zero attached hydrogens (tertiary/aromatic N) is 4. The summed E-state index contributed by atoms with van der Waals surface area (Å²) in [4.78, 5) is 32.9. The van der Waals surface area contributed by atoms with Crippen LogP contribution in [0.15, 0.2) is 70.2 Å². The number of amides is 2. The number of hydrogen-bond donors (Lipinski definition) is 2. The van der Waals surface area contributed by atoms with E-state index in [4.69, 9.17) is 9.05 Å². The molecule has 0 aliphatic carbocycles. The minimum atomic E-state index is -0.351. The first kappa shape index (κ1) is 21.9. The van der Waals surface area contributed by atoms with Gasteiger partial charge in [0.25, 0.3) is 11.8 Å². The van der Waals surface area contributed by atoms with E-state index >= 15 is 0 Å². The van der Waals surface area contributed by atoms with Gasteiger partial charge in [0, 0.05) is 61.1 Å². The van der Waals surface area contributed by atoms with Crippen molar-refractivity contribution in [3.63, 3.8) is 0 Å². The van der Waals surface area contributed by atoms with Crippen molar-refractivity contribution in [3.05, 3.63) is 72.6 Å². The summed E-state index contributed by atoms with van der Waals surface area (Å²) in [6.45, 7) is 2.71. The summed E-state index contributed by atoms with van der Waals surface area (Å²) < 4.78 is 10.5. The Morgan fingerprint density at radius 2 is 1.33 bits per heavy atom. The number of pyridine rings is 2. The van der Waals surface area contributed by atoms with E-state index in [-0.39, 0.29) is 29.1 Å². The van der Waals surface area contributed by atoms with Gasteiger partial charge < -0.3 is 19.7 Å². The van der Waals surface area contributed by atoms with Crippen LogP contribution in [0.3, 0.4) is 0 Å². The van der Waals surface area contributed by atoms with Crippen LogP contribution in [-0.4, -0.2) is 45.2 Å². The Labute approximate surface area is 189 Å². The summed E-state index contributed by atoms with van der Waals surface area (Å²) in [5, 5.41) is 13.3. The van der Waals surface area contributed by atoms with Gasteiger partial charge in [-0.15, -0.1) is 0 Å². The molecule has 0 aliphatic heterocycles. The predicted octanol–water partition coefficient (Wildman–Crippen LogP) is 2.97. The highest BCUT2D eigenvalue weighted by atomic mass is 16.5. The van der Waals surface area contributed by atoms with Crippen molar-refractivity contribution in [2.45, 2.75) is 13.3 Å². The molecule has 2 N–H and O–H groups in total. The molecular formula is C23H22N6O4. The van der Waals surface area contributed by atoms with Crippen molar-refractivity contribution in [2.75, 3.05) is 13.1 Å². The Bertz CT molecular complexity index is 1110. The lowest BCUT2D eigenvalue weighted by Crippen LogP contribution is -2.36. The van der Waals surface area contributed by atoms with Gasteiger partial charge in [0.2, 0.25) is 0 Å². The van der Waals surface area contributed by atoms with E-state index in [0.717, 1.165) is 17.5 Å². The van der Waals surface area contributed by atoms with Crippen LogP contribution in [0.25, 0.3) is 22.6 Å². The molecule has 0 saturated heterocycles. The number of carbonyl (C=O) groups is 2. The fourth-order valence-electron chi connectivity index (χ4n) is 3.07. The quantitative estimate of drug-likeness (QED) is 0.400. The van der Waals surface area contributed by atoms with Crippen molar-refractivity contribution in [3.8, 4) is 22.6 Å². The van der Waals surface area contributed by atoms with Gasteiger partial charge in [0.1, 0.15) is 0 Å². The normalized spacial score (nSPS) is 10.8. The molecule has 0 bridgehead atoms. The highest BCUT2D eigenvalue weighted by Gasteiger charge is 2.18. The van der Waals surface area contributed by atoms with Crippen LogP contribution in [-0.2, 0) is 0 Å². The Morgan fingerprint density at radius 1 is 0.848 bits per heavy atom. The maximum atomic E-state index is 12.4. The standard InChI is InChI=1S/C23H22N6O4/c1-2-15(11-26-22(30)18-9-20(32-28-18)16-5-3-7-24-13-16)12-27-23(31)19-10-21(33-29-19)17-6-4-8-25-14-17/h3-10,13-15H,2,11-12H2,1H3,(H,26,30)(H,27,31). The van der Waals surface area contributed by atoms with Crippen LogP contribution in [0.4, 0.5) is 0 Å². The average Bonchev–Trinajstić information content (AvgIpc) is 3.56. The van der Waals surface area contributed by atoms with Crippen LogP contribution in [0, 0.1) is 5.92 Å². The summed E-state index contributed by atoms with van der Waals surface area (Å²) in [6.07, 6.45) is 7.32. The van der Waals surface area contributed by atoms with Crippen LogP contribution < -0.4 is 10.6 Å². The van der Waals surface area contributed by atoms with Crippen molar-refractivity contribution < 1.29 is 18.6 Å². The summed E-state index contributed by atoms with van der Waals surface area (Å²) >= 11 is 0. The molecule has 4 rings (SSSR count). The van der Waals surface area contributed by atoms with Gasteiger partial charge in [-0.2, -0.15) is 0 Å². The molecular weight excluding hydrogens is 424 g/mol. The van der Waals surface area contributed by atoms with Crippen LogP contribution in [0.5, 0.6) is 0 Å². The Morgan fingerprint density at radius 3 is 1.73 bits per heavy atom. The van der Waals surface area contributed by atoms with Gasteiger partial charge in [-0.1, -0.05) is 17.2 Å². The molecule has 0 fully saturated rings. The van der Waals surface area contributed by atoms with E-state index in [2.05, 4.69) is 30.9 Å². The average molecular weight is 446 g/mol. The van der Waals surface area contributed by atoms with Gasteiger partial charge in [-0.25, -0.2) is 0 Å². The van der Waals surface area contributed by atoms with Crippen LogP contribution in [0.2, 0.25) is 0 Å². The number of hydrogen-bond acceptors (Lipinski definition) is 8. The third-order valence-electron chi connectivity index (χ3n) is 5.06. The van der Waals surface area contributed by atoms with Crippen molar-refractivity contribution in [1.29, 1.82) is 0 Å². The molecule has 0 aliphatic rings. The Kier molecular flexibility index (Phi) is 6.84. The molecule has 0 unspecified atom stereocenters. The molecule has 4 heterocycles. The highest BCUT2D eigenvalue weighted by Crippen LogP contribution is 2.20. The molecule has 0 spiro atoms. The van der Waals surface area contributed by atoms with E-state index in [1.807, 2.05) is 19.1 Å². The van der Waals surface area contributed by atoms with Gasteiger partial charge in [0.05, 0.1) is 0 Å². The maximum absolute atomic E-state index is 12.4. The second kappa shape index (κ2) is 10.3. The highest BCUT2D eigenvalue weighted by molar-refractivity contribution is 5.93. The van der Waals surface area contributed by atoms with Crippen LogP contribution >= 0.6 is 0 Å². The number of carbonyl (C=O) groups excluding carboxylic acids is 2. The molecule has 0 radical (unpaired) electrons. The third kappa shape index (κ3) is 5.48. The molecule has 33 heavy (non-hydrogen) atoms. The van der Waals surface area contributed by atoms with Crippen molar-refractivity contribution in [1.82, 2.24) is 30.9 Å². The minimum absolute atomic E-state index is 0.0206. The monoisotopic (exact) mass is 446 g/mol. The van der Waals surface area contributed by atoms with Gasteiger partial charge in [-0.3, -0.25) is 19.6 Å². The fraction of sp³-hybridized carbons (Fsp3) is 0.217. The Hall–Kier alpha value is -4.34. The second-order valence-corrected chi connectivity index (χ2v) is 7.33. The molecule has 2 amide bonds. The van der Waals surface area contributed by atoms with E-state index < -0.39 is 0 Å². The zero-order valence-corrected chi connectivity index (χ0v) is 17.9. The first-order valence-corrected chi connectivity index (χ1v) is 10.4. The second-order valence-electron chi connectivity index (χ2n) is 7.33. The lowest BCUT2D eigenvalue weighted by Gasteiger charge is -2.15. The molecule has 168 valence electrons. The van der Waals surface area contributed by atoms with Crippen molar-refractivity contribution in [2.24, 2.45) is 5.92 Å². The molecule has 10 nitrogen and oxygen atoms in total. The summed E-state index contributed by atoms with van der Waals surface area (Å²) in [5.41, 5.74) is 1.83. The molecule has 4 aromatic rings. The minimum Gasteiger partial charge on any atom is -0.355 e. The molecule has 4 aromatic heterocycles. The zero-order chi connectivity index (χ0) is 23.0. The molecule has 0 atom stereocenters. The van der Waals surface area contributed by atoms with Crippen molar-refractivity contribution >= 4 is 11.8 Å². The molecule has 10 heteroatoms. The van der Waals surface area contributed by atoms with Gasteiger partial charge >= 0.3 is 0 Å². The third-order valence-corrected chi connectivity index (χ3v) is 5.06. The zero-order valence-electron chi connectivity index (χ0n) is 17.9. The topological polar surface area (TPSA) is 136 Å². The van der Waals surface area contributed by atoms with E-state index in [9.17, 15) is 9.59 Å². The smallest absolute Gasteiger partial charge is 0.273 e. The summed E-state index contributed by atoms with van der Waals surface area (Å²) in [5.74, 6) is 0.247. The van der Waals surface area contributed by atoms with E-state index in [1.54, 1.807) is 49.1 Å². The van der Waals surface area contributed by atoms with Gasteiger partial charge in [0.15, 0.2) is 22.9 Å². The molecule has 0 saturated carbocycles. The SMILES string of the molecule is CCC(CNC(=O)c1cc(-c2cccnc2)on1)CNC(=O)c1cc(-c2cccnc2)on1.